The molecule has 1 atom stereocenters. The summed E-state index contributed by atoms with van der Waals surface area (Å²) in [7, 11) is 1.63. The first-order chi connectivity index (χ1) is 13.7. The van der Waals surface area contributed by atoms with E-state index in [1.165, 1.54) is 0 Å². The first kappa shape index (κ1) is 19.8. The van der Waals surface area contributed by atoms with Gasteiger partial charge < -0.3 is 19.7 Å². The van der Waals surface area contributed by atoms with Crippen LogP contribution in [0.25, 0.3) is 0 Å². The Bertz CT molecular complexity index is 780. The van der Waals surface area contributed by atoms with Crippen LogP contribution in [0, 0.1) is 5.92 Å². The quantitative estimate of drug-likeness (QED) is 0.668. The van der Waals surface area contributed by atoms with E-state index in [1.807, 2.05) is 42.5 Å². The Kier molecular flexibility index (Phi) is 6.97. The van der Waals surface area contributed by atoms with Crippen molar-refractivity contribution in [3.05, 3.63) is 59.9 Å². The summed E-state index contributed by atoms with van der Waals surface area (Å²) in [6.45, 7) is 2.32. The number of pyridine rings is 1. The third-order valence-corrected chi connectivity index (χ3v) is 4.61. The molecule has 2 amide bonds. The standard InChI is InChI=1S/C21H25N3O4/c1-27-10-11-28-19-7-5-16(6-8-19)13-23-21(26)17-12-20(25)24(14-17)15-18-4-2-3-9-22-18/h2-9,17H,10-15H2,1H3,(H,23,26). The molecule has 0 saturated carbocycles. The molecule has 3 rings (SSSR count). The van der Waals surface area contributed by atoms with Crippen LogP contribution in [0.4, 0.5) is 0 Å². The molecule has 2 heterocycles. The molecule has 1 aliphatic rings. The van der Waals surface area contributed by atoms with Gasteiger partial charge in [-0.3, -0.25) is 14.6 Å². The van der Waals surface area contributed by atoms with Gasteiger partial charge in [-0.05, 0) is 29.8 Å². The van der Waals surface area contributed by atoms with Crippen molar-refractivity contribution < 1.29 is 19.1 Å². The number of aromatic nitrogens is 1. The molecule has 1 aromatic carbocycles. The predicted molar refractivity (Wildman–Crippen MR) is 103 cm³/mol. The van der Waals surface area contributed by atoms with Gasteiger partial charge in [0.2, 0.25) is 11.8 Å². The molecule has 2 aromatic rings. The van der Waals surface area contributed by atoms with Crippen molar-refractivity contribution in [3.63, 3.8) is 0 Å². The number of likely N-dealkylation sites (tertiary alicyclic amines) is 1. The van der Waals surface area contributed by atoms with E-state index < -0.39 is 0 Å². The van der Waals surface area contributed by atoms with Gasteiger partial charge >= 0.3 is 0 Å². The highest BCUT2D eigenvalue weighted by atomic mass is 16.5. The van der Waals surface area contributed by atoms with Crippen molar-refractivity contribution in [1.82, 2.24) is 15.2 Å². The number of hydrogen-bond acceptors (Lipinski definition) is 5. The molecule has 1 unspecified atom stereocenters. The monoisotopic (exact) mass is 383 g/mol. The van der Waals surface area contributed by atoms with Gasteiger partial charge in [-0.25, -0.2) is 0 Å². The molecule has 0 bridgehead atoms. The molecular weight excluding hydrogens is 358 g/mol. The van der Waals surface area contributed by atoms with E-state index in [0.717, 1.165) is 17.0 Å². The lowest BCUT2D eigenvalue weighted by molar-refractivity contribution is -0.129. The average Bonchev–Trinajstić information content (AvgIpc) is 3.08. The first-order valence-corrected chi connectivity index (χ1v) is 9.32. The number of hydrogen-bond donors (Lipinski definition) is 1. The molecule has 0 radical (unpaired) electrons. The Morgan fingerprint density at radius 1 is 1.21 bits per heavy atom. The molecule has 7 nitrogen and oxygen atoms in total. The van der Waals surface area contributed by atoms with Crippen molar-refractivity contribution in [1.29, 1.82) is 0 Å². The van der Waals surface area contributed by atoms with Crippen molar-refractivity contribution in [2.45, 2.75) is 19.5 Å². The minimum atomic E-state index is -0.326. The largest absolute Gasteiger partial charge is 0.491 e. The Morgan fingerprint density at radius 2 is 2.04 bits per heavy atom. The Labute approximate surface area is 164 Å². The second-order valence-electron chi connectivity index (χ2n) is 6.70. The lowest BCUT2D eigenvalue weighted by atomic mass is 10.1. The summed E-state index contributed by atoms with van der Waals surface area (Å²) in [4.78, 5) is 30.6. The number of carbonyl (C=O) groups is 2. The molecule has 1 N–H and O–H groups in total. The Balaban J connectivity index is 1.45. The summed E-state index contributed by atoms with van der Waals surface area (Å²) in [6.07, 6.45) is 1.94. The third kappa shape index (κ3) is 5.53. The molecule has 148 valence electrons. The molecule has 0 spiro atoms. The van der Waals surface area contributed by atoms with Crippen LogP contribution in [0.2, 0.25) is 0 Å². The van der Waals surface area contributed by atoms with Crippen LogP contribution in [0.3, 0.4) is 0 Å². The maximum atomic E-state index is 12.5. The molecule has 28 heavy (non-hydrogen) atoms. The van der Waals surface area contributed by atoms with Gasteiger partial charge in [-0.15, -0.1) is 0 Å². The number of carbonyl (C=O) groups excluding carboxylic acids is 2. The highest BCUT2D eigenvalue weighted by Gasteiger charge is 2.34. The molecular formula is C21H25N3O4. The summed E-state index contributed by atoms with van der Waals surface area (Å²) in [5, 5.41) is 2.92. The predicted octanol–water partition coefficient (Wildman–Crippen LogP) is 1.77. The van der Waals surface area contributed by atoms with Crippen LogP contribution in [0.5, 0.6) is 5.75 Å². The number of rotatable bonds is 9. The SMILES string of the molecule is COCCOc1ccc(CNC(=O)C2CC(=O)N(Cc3ccccn3)C2)cc1. The summed E-state index contributed by atoms with van der Waals surface area (Å²) >= 11 is 0. The van der Waals surface area contributed by atoms with E-state index in [4.69, 9.17) is 9.47 Å². The van der Waals surface area contributed by atoms with E-state index in [0.29, 0.717) is 32.8 Å². The zero-order chi connectivity index (χ0) is 19.8. The fraction of sp³-hybridized carbons (Fsp3) is 0.381. The molecule has 1 saturated heterocycles. The number of nitrogens with zero attached hydrogens (tertiary/aromatic N) is 2. The number of methoxy groups -OCH3 is 1. The van der Waals surface area contributed by atoms with Gasteiger partial charge in [0.15, 0.2) is 0 Å². The minimum absolute atomic E-state index is 0.0108. The lowest BCUT2D eigenvalue weighted by Crippen LogP contribution is -2.32. The number of ether oxygens (including phenoxy) is 2. The van der Waals surface area contributed by atoms with Crippen LogP contribution in [0.1, 0.15) is 17.7 Å². The zero-order valence-corrected chi connectivity index (χ0v) is 16.0. The second kappa shape index (κ2) is 9.85. The van der Waals surface area contributed by atoms with Crippen molar-refractivity contribution in [2.75, 3.05) is 26.9 Å². The normalized spacial score (nSPS) is 16.2. The molecule has 0 aliphatic carbocycles. The van der Waals surface area contributed by atoms with Crippen LogP contribution in [-0.2, 0) is 27.4 Å². The maximum absolute atomic E-state index is 12.5. The van der Waals surface area contributed by atoms with Crippen LogP contribution in [-0.4, -0.2) is 48.6 Å². The summed E-state index contributed by atoms with van der Waals surface area (Å²) in [6, 6.07) is 13.2. The van der Waals surface area contributed by atoms with Gasteiger partial charge in [-0.2, -0.15) is 0 Å². The average molecular weight is 383 g/mol. The molecule has 1 aliphatic heterocycles. The van der Waals surface area contributed by atoms with Crippen molar-refractivity contribution in [3.8, 4) is 5.75 Å². The summed E-state index contributed by atoms with van der Waals surface area (Å²) < 4.78 is 10.5. The first-order valence-electron chi connectivity index (χ1n) is 9.32. The second-order valence-corrected chi connectivity index (χ2v) is 6.70. The number of benzene rings is 1. The highest BCUT2D eigenvalue weighted by Crippen LogP contribution is 2.20. The smallest absolute Gasteiger partial charge is 0.225 e. The fourth-order valence-corrected chi connectivity index (χ4v) is 3.07. The minimum Gasteiger partial charge on any atom is -0.491 e. The molecule has 7 heteroatoms. The Hall–Kier alpha value is -2.93. The lowest BCUT2D eigenvalue weighted by Gasteiger charge is -2.16. The van der Waals surface area contributed by atoms with Gasteiger partial charge in [0.1, 0.15) is 12.4 Å². The van der Waals surface area contributed by atoms with Crippen LogP contribution >= 0.6 is 0 Å². The highest BCUT2D eigenvalue weighted by molar-refractivity contribution is 5.89. The van der Waals surface area contributed by atoms with Crippen LogP contribution in [0.15, 0.2) is 48.7 Å². The van der Waals surface area contributed by atoms with Gasteiger partial charge in [-0.1, -0.05) is 18.2 Å². The molecule has 1 aromatic heterocycles. The van der Waals surface area contributed by atoms with E-state index in [9.17, 15) is 9.59 Å². The van der Waals surface area contributed by atoms with E-state index in [2.05, 4.69) is 10.3 Å². The van der Waals surface area contributed by atoms with E-state index in [-0.39, 0.29) is 24.2 Å². The fourth-order valence-electron chi connectivity index (χ4n) is 3.07. The topological polar surface area (TPSA) is 80.8 Å². The van der Waals surface area contributed by atoms with Gasteiger partial charge in [0.05, 0.1) is 24.8 Å². The summed E-state index contributed by atoms with van der Waals surface area (Å²) in [5.41, 5.74) is 1.80. The Morgan fingerprint density at radius 3 is 2.75 bits per heavy atom. The number of amides is 2. The van der Waals surface area contributed by atoms with Crippen molar-refractivity contribution in [2.24, 2.45) is 5.92 Å². The van der Waals surface area contributed by atoms with E-state index in [1.54, 1.807) is 18.2 Å². The third-order valence-electron chi connectivity index (χ3n) is 4.61. The van der Waals surface area contributed by atoms with Gasteiger partial charge in [0.25, 0.3) is 0 Å². The zero-order valence-electron chi connectivity index (χ0n) is 16.0. The summed E-state index contributed by atoms with van der Waals surface area (Å²) in [5.74, 6) is 0.326. The maximum Gasteiger partial charge on any atom is 0.225 e. The van der Waals surface area contributed by atoms with E-state index >= 15 is 0 Å². The van der Waals surface area contributed by atoms with Crippen LogP contribution < -0.4 is 10.1 Å². The van der Waals surface area contributed by atoms with Crippen molar-refractivity contribution >= 4 is 11.8 Å². The molecule has 1 fully saturated rings. The number of nitrogens with one attached hydrogen (secondary N) is 1. The van der Waals surface area contributed by atoms with Gasteiger partial charge in [0, 0.05) is 32.8 Å².